The topological polar surface area (TPSA) is 32.8 Å². The molecule has 122 valence electrons. The van der Waals surface area contributed by atoms with Gasteiger partial charge in [-0.3, -0.25) is 9.69 Å². The van der Waals surface area contributed by atoms with Gasteiger partial charge in [-0.15, -0.1) is 0 Å². The van der Waals surface area contributed by atoms with Crippen molar-refractivity contribution in [2.45, 2.75) is 39.2 Å². The van der Waals surface area contributed by atoms with Crippen molar-refractivity contribution in [3.63, 3.8) is 0 Å². The van der Waals surface area contributed by atoms with Crippen LogP contribution >= 0.6 is 0 Å². The van der Waals surface area contributed by atoms with Crippen LogP contribution in [0.15, 0.2) is 18.2 Å². The van der Waals surface area contributed by atoms with E-state index in [1.54, 1.807) is 19.0 Å². The summed E-state index contributed by atoms with van der Waals surface area (Å²) in [6.07, 6.45) is 3.17. The Hall–Kier alpha value is -1.55. The van der Waals surface area contributed by atoms with Crippen LogP contribution in [0.4, 0.5) is 0 Å². The highest BCUT2D eigenvalue weighted by molar-refractivity contribution is 5.96. The lowest BCUT2D eigenvalue weighted by atomic mass is 9.95. The van der Waals surface area contributed by atoms with Crippen LogP contribution in [-0.2, 0) is 6.42 Å². The second kappa shape index (κ2) is 7.63. The number of amides is 1. The number of fused-ring (bicyclic) bond motifs is 1. The minimum Gasteiger partial charge on any atom is -0.492 e. The molecule has 1 atom stereocenters. The van der Waals surface area contributed by atoms with Gasteiger partial charge in [-0.05, 0) is 44.5 Å². The predicted molar refractivity (Wildman–Crippen MR) is 89.6 cm³/mol. The largest absolute Gasteiger partial charge is 0.492 e. The van der Waals surface area contributed by atoms with E-state index in [9.17, 15) is 4.79 Å². The van der Waals surface area contributed by atoms with Crippen LogP contribution < -0.4 is 4.74 Å². The fraction of sp³-hybridized carbons (Fsp3) is 0.611. The molecule has 0 saturated heterocycles. The van der Waals surface area contributed by atoms with E-state index in [0.29, 0.717) is 12.6 Å². The monoisotopic (exact) mass is 304 g/mol. The van der Waals surface area contributed by atoms with Crippen LogP contribution in [0.5, 0.6) is 5.75 Å². The number of rotatable bonds is 6. The molecule has 1 aliphatic rings. The van der Waals surface area contributed by atoms with Crippen LogP contribution in [-0.4, -0.2) is 55.5 Å². The third-order valence-corrected chi connectivity index (χ3v) is 4.18. The van der Waals surface area contributed by atoms with Gasteiger partial charge in [-0.1, -0.05) is 19.9 Å². The Morgan fingerprint density at radius 2 is 1.91 bits per heavy atom. The van der Waals surface area contributed by atoms with E-state index < -0.39 is 0 Å². The highest BCUT2D eigenvalue weighted by atomic mass is 16.5. The number of carbonyl (C=O) groups is 1. The lowest BCUT2D eigenvalue weighted by Gasteiger charge is -2.35. The molecule has 2 rings (SSSR count). The van der Waals surface area contributed by atoms with Gasteiger partial charge >= 0.3 is 0 Å². The maximum Gasteiger partial charge on any atom is 0.253 e. The van der Waals surface area contributed by atoms with Gasteiger partial charge in [-0.2, -0.15) is 0 Å². The summed E-state index contributed by atoms with van der Waals surface area (Å²) in [5.41, 5.74) is 1.84. The zero-order valence-electron chi connectivity index (χ0n) is 14.3. The van der Waals surface area contributed by atoms with Crippen molar-refractivity contribution in [2.75, 3.05) is 33.8 Å². The van der Waals surface area contributed by atoms with Gasteiger partial charge in [0.05, 0.1) is 0 Å². The molecule has 1 amide bonds. The summed E-state index contributed by atoms with van der Waals surface area (Å²) in [6.45, 7) is 7.30. The van der Waals surface area contributed by atoms with Gasteiger partial charge in [0.15, 0.2) is 0 Å². The molecule has 22 heavy (non-hydrogen) atoms. The molecule has 4 nitrogen and oxygen atoms in total. The Morgan fingerprint density at radius 3 is 2.50 bits per heavy atom. The van der Waals surface area contributed by atoms with Crippen molar-refractivity contribution in [1.29, 1.82) is 0 Å². The third kappa shape index (κ3) is 3.61. The molecule has 0 bridgehead atoms. The Labute approximate surface area is 134 Å². The lowest BCUT2D eigenvalue weighted by Crippen LogP contribution is -2.44. The van der Waals surface area contributed by atoms with E-state index in [-0.39, 0.29) is 5.91 Å². The van der Waals surface area contributed by atoms with E-state index in [2.05, 4.69) is 18.7 Å². The van der Waals surface area contributed by atoms with Crippen molar-refractivity contribution in [3.05, 3.63) is 29.3 Å². The number of ether oxygens (including phenoxy) is 1. The molecular formula is C18H28N2O2. The van der Waals surface area contributed by atoms with Crippen molar-refractivity contribution < 1.29 is 9.53 Å². The minimum atomic E-state index is 0.0543. The molecule has 1 unspecified atom stereocenters. The second-order valence-electron chi connectivity index (χ2n) is 6.19. The quantitative estimate of drug-likeness (QED) is 0.810. The number of hydrogen-bond acceptors (Lipinski definition) is 3. The Bertz CT molecular complexity index is 508. The Balaban J connectivity index is 2.26. The number of hydrogen-bond donors (Lipinski definition) is 0. The maximum atomic E-state index is 12.4. The summed E-state index contributed by atoms with van der Waals surface area (Å²) in [4.78, 5) is 16.5. The normalized spacial score (nSPS) is 17.0. The average Bonchev–Trinajstić information content (AvgIpc) is 2.52. The maximum absolute atomic E-state index is 12.4. The zero-order chi connectivity index (χ0) is 16.1. The van der Waals surface area contributed by atoms with Crippen LogP contribution in [0.3, 0.4) is 0 Å². The van der Waals surface area contributed by atoms with Gasteiger partial charge in [0.1, 0.15) is 12.4 Å². The zero-order valence-corrected chi connectivity index (χ0v) is 14.3. The van der Waals surface area contributed by atoms with E-state index in [1.807, 2.05) is 18.2 Å². The fourth-order valence-corrected chi connectivity index (χ4v) is 3.12. The molecular weight excluding hydrogens is 276 g/mol. The first-order valence-electron chi connectivity index (χ1n) is 8.28. The van der Waals surface area contributed by atoms with Crippen molar-refractivity contribution in [1.82, 2.24) is 9.80 Å². The fourth-order valence-electron chi connectivity index (χ4n) is 3.12. The lowest BCUT2D eigenvalue weighted by molar-refractivity contribution is 0.0819. The Morgan fingerprint density at radius 1 is 1.23 bits per heavy atom. The molecule has 1 aromatic rings. The second-order valence-corrected chi connectivity index (χ2v) is 6.19. The molecule has 1 aliphatic heterocycles. The Kier molecular flexibility index (Phi) is 5.83. The first kappa shape index (κ1) is 16.8. The van der Waals surface area contributed by atoms with Crippen LogP contribution in [0.2, 0.25) is 0 Å². The molecule has 0 aliphatic carbocycles. The van der Waals surface area contributed by atoms with Gasteiger partial charge in [0, 0.05) is 31.3 Å². The first-order valence-corrected chi connectivity index (χ1v) is 8.28. The average molecular weight is 304 g/mol. The van der Waals surface area contributed by atoms with Gasteiger partial charge in [0.2, 0.25) is 0 Å². The van der Waals surface area contributed by atoms with E-state index in [4.69, 9.17) is 4.74 Å². The molecule has 0 saturated carbocycles. The summed E-state index contributed by atoms with van der Waals surface area (Å²) in [6, 6.07) is 6.16. The predicted octanol–water partition coefficient (Wildman–Crippen LogP) is 2.81. The number of nitrogens with zero attached hydrogens (tertiary/aromatic N) is 2. The van der Waals surface area contributed by atoms with E-state index >= 15 is 0 Å². The number of carbonyl (C=O) groups excluding carboxylic acids is 1. The van der Waals surface area contributed by atoms with Gasteiger partial charge < -0.3 is 9.64 Å². The summed E-state index contributed by atoms with van der Waals surface area (Å²) in [5.74, 6) is 0.926. The minimum absolute atomic E-state index is 0.0543. The van der Waals surface area contributed by atoms with Gasteiger partial charge in [-0.25, -0.2) is 0 Å². The summed E-state index contributed by atoms with van der Waals surface area (Å²) >= 11 is 0. The molecule has 0 radical (unpaired) electrons. The van der Waals surface area contributed by atoms with Crippen molar-refractivity contribution >= 4 is 5.91 Å². The highest BCUT2D eigenvalue weighted by Crippen LogP contribution is 2.30. The van der Waals surface area contributed by atoms with Crippen LogP contribution in [0, 0.1) is 0 Å². The van der Waals surface area contributed by atoms with E-state index in [0.717, 1.165) is 49.2 Å². The smallest absolute Gasteiger partial charge is 0.253 e. The summed E-state index contributed by atoms with van der Waals surface area (Å²) < 4.78 is 5.97. The molecule has 1 aromatic carbocycles. The SMILES string of the molecule is CCCN(CCC)C1COc2cccc(C(=O)N(C)C)c2C1. The summed E-state index contributed by atoms with van der Waals surface area (Å²) in [5, 5.41) is 0. The third-order valence-electron chi connectivity index (χ3n) is 4.18. The highest BCUT2D eigenvalue weighted by Gasteiger charge is 2.28. The van der Waals surface area contributed by atoms with Crippen LogP contribution in [0.25, 0.3) is 0 Å². The standard InChI is InChI=1S/C18H28N2O2/c1-5-10-20(11-6-2)14-12-16-15(18(21)19(3)4)8-7-9-17(16)22-13-14/h7-9,14H,5-6,10-13H2,1-4H3. The molecule has 0 spiro atoms. The van der Waals surface area contributed by atoms with Crippen molar-refractivity contribution in [3.8, 4) is 5.75 Å². The van der Waals surface area contributed by atoms with Gasteiger partial charge in [0.25, 0.3) is 5.91 Å². The number of benzene rings is 1. The van der Waals surface area contributed by atoms with Crippen molar-refractivity contribution in [2.24, 2.45) is 0 Å². The molecule has 0 aromatic heterocycles. The van der Waals surface area contributed by atoms with Crippen LogP contribution in [0.1, 0.15) is 42.6 Å². The van der Waals surface area contributed by atoms with E-state index in [1.165, 1.54) is 0 Å². The molecule has 1 heterocycles. The molecule has 0 fully saturated rings. The summed E-state index contributed by atoms with van der Waals surface area (Å²) in [7, 11) is 3.59. The first-order chi connectivity index (χ1) is 10.6. The molecule has 4 heteroatoms. The molecule has 0 N–H and O–H groups in total.